The van der Waals surface area contributed by atoms with Gasteiger partial charge in [-0.3, -0.25) is 4.79 Å². The van der Waals surface area contributed by atoms with Gasteiger partial charge in [0.15, 0.2) is 0 Å². The largest absolute Gasteiger partial charge is 0.350 e. The molecule has 94 valence electrons. The van der Waals surface area contributed by atoms with E-state index in [1.54, 1.807) is 0 Å². The fourth-order valence-electron chi connectivity index (χ4n) is 2.34. The molecule has 0 aliphatic heterocycles. The van der Waals surface area contributed by atoms with Crippen LogP contribution in [0.25, 0.3) is 0 Å². The number of rotatable bonds is 5. The Morgan fingerprint density at radius 1 is 1.44 bits per heavy atom. The topological polar surface area (TPSA) is 29.1 Å². The number of carbonyl (C=O) groups is 1. The maximum absolute atomic E-state index is 12.3. The van der Waals surface area contributed by atoms with E-state index >= 15 is 0 Å². The first-order chi connectivity index (χ1) is 7.46. The van der Waals surface area contributed by atoms with Crippen molar-refractivity contribution in [2.45, 2.75) is 64.8 Å². The molecule has 1 fully saturated rings. The molecular weight excluding hydrogens is 222 g/mol. The summed E-state index contributed by atoms with van der Waals surface area (Å²) in [5.41, 5.74) is -0.271. The third kappa shape index (κ3) is 3.13. The first-order valence-electron chi connectivity index (χ1n) is 6.34. The molecule has 0 aromatic rings. The van der Waals surface area contributed by atoms with Crippen LogP contribution in [0.15, 0.2) is 0 Å². The second-order valence-electron chi connectivity index (χ2n) is 5.58. The molecule has 0 saturated heterocycles. The Morgan fingerprint density at radius 2 is 2.00 bits per heavy atom. The Labute approximate surface area is 104 Å². The van der Waals surface area contributed by atoms with E-state index in [2.05, 4.69) is 26.1 Å². The second-order valence-corrected chi connectivity index (χ2v) is 5.95. The van der Waals surface area contributed by atoms with Crippen molar-refractivity contribution in [1.82, 2.24) is 5.32 Å². The zero-order valence-electron chi connectivity index (χ0n) is 10.7. The lowest BCUT2D eigenvalue weighted by atomic mass is 9.85. The monoisotopic (exact) mass is 245 g/mol. The van der Waals surface area contributed by atoms with E-state index in [9.17, 15) is 4.79 Å². The van der Waals surface area contributed by atoms with Gasteiger partial charge in [-0.25, -0.2) is 0 Å². The van der Waals surface area contributed by atoms with Gasteiger partial charge in [0, 0.05) is 16.8 Å². The summed E-state index contributed by atoms with van der Waals surface area (Å²) >= 11 is 5.79. The molecule has 1 saturated carbocycles. The number of halogens is 1. The lowest BCUT2D eigenvalue weighted by Gasteiger charge is -2.33. The molecule has 1 unspecified atom stereocenters. The lowest BCUT2D eigenvalue weighted by molar-refractivity contribution is -0.131. The fourth-order valence-corrected chi connectivity index (χ4v) is 2.76. The quantitative estimate of drug-likeness (QED) is 0.739. The van der Waals surface area contributed by atoms with Gasteiger partial charge in [-0.05, 0) is 32.6 Å². The highest BCUT2D eigenvalue weighted by Crippen LogP contribution is 2.38. The lowest BCUT2D eigenvalue weighted by Crippen LogP contribution is -2.50. The Morgan fingerprint density at radius 3 is 2.44 bits per heavy atom. The Hall–Kier alpha value is -0.240. The van der Waals surface area contributed by atoms with Gasteiger partial charge in [-0.1, -0.05) is 26.7 Å². The minimum absolute atomic E-state index is 0.134. The van der Waals surface area contributed by atoms with Gasteiger partial charge in [-0.15, -0.1) is 11.6 Å². The van der Waals surface area contributed by atoms with E-state index in [0.29, 0.717) is 5.88 Å². The van der Waals surface area contributed by atoms with Gasteiger partial charge in [0.25, 0.3) is 0 Å². The maximum atomic E-state index is 12.3. The molecule has 3 heteroatoms. The molecule has 1 N–H and O–H groups in total. The minimum atomic E-state index is -0.136. The first-order valence-corrected chi connectivity index (χ1v) is 6.88. The van der Waals surface area contributed by atoms with Crippen LogP contribution in [-0.4, -0.2) is 17.3 Å². The van der Waals surface area contributed by atoms with Crippen molar-refractivity contribution in [3.63, 3.8) is 0 Å². The molecule has 0 spiro atoms. The fraction of sp³-hybridized carbons (Fsp3) is 0.923. The zero-order chi connectivity index (χ0) is 12.2. The Bertz CT molecular complexity index is 248. The van der Waals surface area contributed by atoms with Crippen LogP contribution < -0.4 is 5.32 Å². The zero-order valence-corrected chi connectivity index (χ0v) is 11.5. The van der Waals surface area contributed by atoms with Gasteiger partial charge < -0.3 is 5.32 Å². The van der Waals surface area contributed by atoms with E-state index in [1.165, 1.54) is 12.8 Å². The summed E-state index contributed by atoms with van der Waals surface area (Å²) in [6.07, 6.45) is 6.19. The van der Waals surface area contributed by atoms with Gasteiger partial charge >= 0.3 is 0 Å². The average molecular weight is 246 g/mol. The van der Waals surface area contributed by atoms with Gasteiger partial charge in [-0.2, -0.15) is 0 Å². The molecule has 0 aromatic carbocycles. The van der Waals surface area contributed by atoms with Gasteiger partial charge in [0.1, 0.15) is 0 Å². The summed E-state index contributed by atoms with van der Waals surface area (Å²) in [4.78, 5) is 12.3. The van der Waals surface area contributed by atoms with Crippen molar-refractivity contribution in [3.05, 3.63) is 0 Å². The van der Waals surface area contributed by atoms with Crippen molar-refractivity contribution < 1.29 is 4.79 Å². The molecule has 0 radical (unpaired) electrons. The molecular formula is C13H24ClNO. The van der Waals surface area contributed by atoms with Crippen molar-refractivity contribution in [2.24, 2.45) is 5.41 Å². The number of hydrogen-bond donors (Lipinski definition) is 1. The molecule has 2 nitrogen and oxygen atoms in total. The number of hydrogen-bond acceptors (Lipinski definition) is 1. The van der Waals surface area contributed by atoms with Crippen LogP contribution in [0.2, 0.25) is 0 Å². The van der Waals surface area contributed by atoms with E-state index in [0.717, 1.165) is 25.7 Å². The standard InChI is InChI=1S/C13H24ClNO/c1-4-13(3,9-10-14)15-11(16)12(2)7-5-6-8-12/h4-10H2,1-3H3,(H,15,16). The van der Waals surface area contributed by atoms with E-state index < -0.39 is 0 Å². The summed E-state index contributed by atoms with van der Waals surface area (Å²) in [5, 5.41) is 3.20. The SMILES string of the molecule is CCC(C)(CCCl)NC(=O)C1(C)CCCC1. The van der Waals surface area contributed by atoms with Crippen molar-refractivity contribution in [2.75, 3.05) is 5.88 Å². The maximum Gasteiger partial charge on any atom is 0.226 e. The molecule has 1 aliphatic carbocycles. The Kier molecular flexibility index (Phi) is 4.66. The summed E-state index contributed by atoms with van der Waals surface area (Å²) in [6, 6.07) is 0. The summed E-state index contributed by atoms with van der Waals surface area (Å²) < 4.78 is 0. The van der Waals surface area contributed by atoms with E-state index in [4.69, 9.17) is 11.6 Å². The molecule has 0 aromatic heterocycles. The van der Waals surface area contributed by atoms with Gasteiger partial charge in [0.2, 0.25) is 5.91 Å². The van der Waals surface area contributed by atoms with Crippen LogP contribution in [0, 0.1) is 5.41 Å². The first kappa shape index (κ1) is 13.8. The molecule has 1 amide bonds. The predicted octanol–water partition coefficient (Wildman–Crippen LogP) is 3.48. The minimum Gasteiger partial charge on any atom is -0.350 e. The van der Waals surface area contributed by atoms with Crippen LogP contribution in [0.5, 0.6) is 0 Å². The highest BCUT2D eigenvalue weighted by Gasteiger charge is 2.38. The van der Waals surface area contributed by atoms with Crippen LogP contribution in [0.1, 0.15) is 59.3 Å². The number of alkyl halides is 1. The van der Waals surface area contributed by atoms with Crippen LogP contribution in [-0.2, 0) is 4.79 Å². The molecule has 0 heterocycles. The predicted molar refractivity (Wildman–Crippen MR) is 68.8 cm³/mol. The normalized spacial score (nSPS) is 22.8. The van der Waals surface area contributed by atoms with E-state index in [-0.39, 0.29) is 16.9 Å². The Balaban J connectivity index is 2.61. The number of carbonyl (C=O) groups excluding carboxylic acids is 1. The van der Waals surface area contributed by atoms with Crippen molar-refractivity contribution in [1.29, 1.82) is 0 Å². The number of nitrogens with one attached hydrogen (secondary N) is 1. The highest BCUT2D eigenvalue weighted by atomic mass is 35.5. The van der Waals surface area contributed by atoms with Crippen LogP contribution in [0.4, 0.5) is 0 Å². The molecule has 1 rings (SSSR count). The second kappa shape index (κ2) is 5.39. The smallest absolute Gasteiger partial charge is 0.226 e. The summed E-state index contributed by atoms with van der Waals surface area (Å²) in [7, 11) is 0. The molecule has 1 aliphatic rings. The molecule has 0 bridgehead atoms. The third-order valence-electron chi connectivity index (χ3n) is 4.10. The van der Waals surface area contributed by atoms with Crippen LogP contribution in [0.3, 0.4) is 0 Å². The number of amides is 1. The van der Waals surface area contributed by atoms with Gasteiger partial charge in [0.05, 0.1) is 0 Å². The summed E-state index contributed by atoms with van der Waals surface area (Å²) in [5.74, 6) is 0.820. The molecule has 1 atom stereocenters. The highest BCUT2D eigenvalue weighted by molar-refractivity contribution is 6.17. The van der Waals surface area contributed by atoms with Crippen molar-refractivity contribution >= 4 is 17.5 Å². The van der Waals surface area contributed by atoms with Crippen LogP contribution >= 0.6 is 11.6 Å². The average Bonchev–Trinajstić information content (AvgIpc) is 2.67. The van der Waals surface area contributed by atoms with E-state index in [1.807, 2.05) is 0 Å². The third-order valence-corrected chi connectivity index (χ3v) is 4.29. The summed E-state index contributed by atoms with van der Waals surface area (Å²) in [6.45, 7) is 6.28. The molecule has 16 heavy (non-hydrogen) atoms. The van der Waals surface area contributed by atoms with Crippen molar-refractivity contribution in [3.8, 4) is 0 Å².